The molecule has 0 spiro atoms. The predicted molar refractivity (Wildman–Crippen MR) is 49.6 cm³/mol. The Morgan fingerprint density at radius 1 is 1.40 bits per heavy atom. The molecule has 82 valence electrons. The molecular weight excluding hydrogens is 204 g/mol. The van der Waals surface area contributed by atoms with Crippen LogP contribution in [0.25, 0.3) is 0 Å². The summed E-state index contributed by atoms with van der Waals surface area (Å²) in [5.74, 6) is -1.73. The van der Waals surface area contributed by atoms with E-state index in [-0.39, 0.29) is 24.5 Å². The van der Waals surface area contributed by atoms with Crippen LogP contribution in [0.15, 0.2) is 18.2 Å². The highest BCUT2D eigenvalue weighted by molar-refractivity contribution is 5.74. The monoisotopic (exact) mass is 215 g/mol. The van der Waals surface area contributed by atoms with Crippen LogP contribution in [0.5, 0.6) is 0 Å². The normalized spacial score (nSPS) is 10.1. The van der Waals surface area contributed by atoms with Crippen LogP contribution in [0.4, 0.5) is 8.78 Å². The van der Waals surface area contributed by atoms with Gasteiger partial charge in [0.05, 0.1) is 5.56 Å². The van der Waals surface area contributed by atoms with Gasteiger partial charge in [-0.1, -0.05) is 13.0 Å². The zero-order valence-corrected chi connectivity index (χ0v) is 8.22. The highest BCUT2D eigenvalue weighted by Crippen LogP contribution is 2.12. The minimum absolute atomic E-state index is 0.200. The minimum Gasteiger partial charge on any atom is -0.273 e. The highest BCUT2D eigenvalue weighted by Gasteiger charge is 2.08. The summed E-state index contributed by atoms with van der Waals surface area (Å²) < 4.78 is 26.0. The number of hydroxylamine groups is 1. The van der Waals surface area contributed by atoms with E-state index in [4.69, 9.17) is 0 Å². The third-order valence-corrected chi connectivity index (χ3v) is 1.79. The Morgan fingerprint density at radius 2 is 2.00 bits per heavy atom. The molecule has 3 nitrogen and oxygen atoms in total. The Labute approximate surface area is 86.0 Å². The van der Waals surface area contributed by atoms with Crippen LogP contribution in [0.2, 0.25) is 0 Å². The summed E-state index contributed by atoms with van der Waals surface area (Å²) in [6.45, 7) is 1.31. The molecule has 1 aromatic rings. The first-order chi connectivity index (χ1) is 7.15. The molecule has 0 aliphatic heterocycles. The van der Waals surface area contributed by atoms with Crippen molar-refractivity contribution in [2.45, 2.75) is 20.0 Å². The van der Waals surface area contributed by atoms with Crippen molar-refractivity contribution < 1.29 is 18.4 Å². The molecule has 0 aromatic heterocycles. The van der Waals surface area contributed by atoms with Gasteiger partial charge < -0.3 is 0 Å². The van der Waals surface area contributed by atoms with Crippen LogP contribution in [0.1, 0.15) is 18.9 Å². The lowest BCUT2D eigenvalue weighted by Crippen LogP contribution is -2.22. The van der Waals surface area contributed by atoms with Gasteiger partial charge >= 0.3 is 0 Å². The van der Waals surface area contributed by atoms with Crippen molar-refractivity contribution in [2.24, 2.45) is 0 Å². The van der Waals surface area contributed by atoms with Crippen molar-refractivity contribution in [1.29, 1.82) is 0 Å². The summed E-state index contributed by atoms with van der Waals surface area (Å²) in [5, 5.41) is 0. The molecule has 0 saturated carbocycles. The fourth-order valence-electron chi connectivity index (χ4n) is 0.931. The van der Waals surface area contributed by atoms with E-state index in [0.29, 0.717) is 0 Å². The fraction of sp³-hybridized carbons (Fsp3) is 0.300. The third kappa shape index (κ3) is 3.28. The fourth-order valence-corrected chi connectivity index (χ4v) is 0.931. The largest absolute Gasteiger partial charge is 0.273 e. The SMILES string of the molecule is CCC(=O)NOCc1c(F)cccc1F. The van der Waals surface area contributed by atoms with Gasteiger partial charge in [-0.05, 0) is 12.1 Å². The van der Waals surface area contributed by atoms with Gasteiger partial charge in [-0.25, -0.2) is 14.3 Å². The Hall–Kier alpha value is -1.49. The van der Waals surface area contributed by atoms with Crippen molar-refractivity contribution in [1.82, 2.24) is 5.48 Å². The van der Waals surface area contributed by atoms with Crippen LogP contribution in [-0.4, -0.2) is 5.91 Å². The summed E-state index contributed by atoms with van der Waals surface area (Å²) in [6.07, 6.45) is 0.250. The number of benzene rings is 1. The molecule has 1 rings (SSSR count). The highest BCUT2D eigenvalue weighted by atomic mass is 19.1. The molecule has 0 radical (unpaired) electrons. The van der Waals surface area contributed by atoms with Gasteiger partial charge in [0.2, 0.25) is 5.91 Å². The zero-order chi connectivity index (χ0) is 11.3. The number of nitrogens with one attached hydrogen (secondary N) is 1. The van der Waals surface area contributed by atoms with Crippen LogP contribution >= 0.6 is 0 Å². The molecule has 0 saturated heterocycles. The van der Waals surface area contributed by atoms with Gasteiger partial charge in [-0.2, -0.15) is 0 Å². The van der Waals surface area contributed by atoms with Crippen molar-refractivity contribution in [3.8, 4) is 0 Å². The summed E-state index contributed by atoms with van der Waals surface area (Å²) in [6, 6.07) is 3.52. The summed E-state index contributed by atoms with van der Waals surface area (Å²) in [7, 11) is 0. The molecule has 0 bridgehead atoms. The standard InChI is InChI=1S/C10H11F2NO2/c1-2-10(14)13-15-6-7-8(11)4-3-5-9(7)12/h3-5H,2,6H2,1H3,(H,13,14). The molecule has 0 aliphatic rings. The van der Waals surface area contributed by atoms with Crippen molar-refractivity contribution >= 4 is 5.91 Å². The summed E-state index contributed by atoms with van der Waals surface area (Å²) in [5.41, 5.74) is 1.86. The molecule has 0 atom stereocenters. The maximum atomic E-state index is 13.0. The van der Waals surface area contributed by atoms with E-state index in [0.717, 1.165) is 12.1 Å². The number of hydrogen-bond acceptors (Lipinski definition) is 2. The number of carbonyl (C=O) groups is 1. The van der Waals surface area contributed by atoms with E-state index in [2.05, 4.69) is 10.3 Å². The first-order valence-corrected chi connectivity index (χ1v) is 4.48. The summed E-state index contributed by atoms with van der Waals surface area (Å²) >= 11 is 0. The number of hydrogen-bond donors (Lipinski definition) is 1. The van der Waals surface area contributed by atoms with E-state index >= 15 is 0 Å². The van der Waals surface area contributed by atoms with Gasteiger partial charge in [0.15, 0.2) is 0 Å². The topological polar surface area (TPSA) is 38.3 Å². The number of amides is 1. The molecule has 15 heavy (non-hydrogen) atoms. The Bertz CT molecular complexity index is 335. The first-order valence-electron chi connectivity index (χ1n) is 4.48. The molecular formula is C10H11F2NO2. The van der Waals surface area contributed by atoms with E-state index in [1.165, 1.54) is 6.07 Å². The third-order valence-electron chi connectivity index (χ3n) is 1.79. The number of carbonyl (C=O) groups excluding carboxylic acids is 1. The van der Waals surface area contributed by atoms with Crippen molar-refractivity contribution in [2.75, 3.05) is 0 Å². The average Bonchev–Trinajstić information content (AvgIpc) is 2.22. The second-order valence-electron chi connectivity index (χ2n) is 2.87. The van der Waals surface area contributed by atoms with E-state index < -0.39 is 11.6 Å². The maximum Gasteiger partial charge on any atom is 0.243 e. The number of rotatable bonds is 4. The van der Waals surface area contributed by atoms with E-state index in [1.807, 2.05) is 0 Å². The Balaban J connectivity index is 2.54. The lowest BCUT2D eigenvalue weighted by Gasteiger charge is -2.06. The average molecular weight is 215 g/mol. The molecule has 1 N–H and O–H groups in total. The maximum absolute atomic E-state index is 13.0. The molecule has 5 heteroatoms. The number of halogens is 2. The molecule has 1 aromatic carbocycles. The van der Waals surface area contributed by atoms with Crippen molar-refractivity contribution in [3.63, 3.8) is 0 Å². The van der Waals surface area contributed by atoms with Gasteiger partial charge in [-0.15, -0.1) is 0 Å². The van der Waals surface area contributed by atoms with Gasteiger partial charge in [0.1, 0.15) is 18.2 Å². The molecule has 0 unspecified atom stereocenters. The van der Waals surface area contributed by atoms with Crippen LogP contribution in [-0.2, 0) is 16.2 Å². The van der Waals surface area contributed by atoms with Gasteiger partial charge in [0.25, 0.3) is 0 Å². The Kier molecular flexibility index (Phi) is 4.17. The smallest absolute Gasteiger partial charge is 0.243 e. The molecule has 1 amide bonds. The Morgan fingerprint density at radius 3 is 2.53 bits per heavy atom. The zero-order valence-electron chi connectivity index (χ0n) is 8.22. The predicted octanol–water partition coefficient (Wildman–Crippen LogP) is 1.92. The summed E-state index contributed by atoms with van der Waals surface area (Å²) in [4.78, 5) is 15.4. The molecule has 0 fully saturated rings. The van der Waals surface area contributed by atoms with Crippen LogP contribution in [0.3, 0.4) is 0 Å². The second-order valence-corrected chi connectivity index (χ2v) is 2.87. The van der Waals surface area contributed by atoms with Crippen LogP contribution in [0, 0.1) is 11.6 Å². The second kappa shape index (κ2) is 5.41. The van der Waals surface area contributed by atoms with Crippen LogP contribution < -0.4 is 5.48 Å². The quantitative estimate of drug-likeness (QED) is 0.779. The lowest BCUT2D eigenvalue weighted by atomic mass is 10.2. The van der Waals surface area contributed by atoms with Gasteiger partial charge in [0, 0.05) is 6.42 Å². The molecule has 0 aliphatic carbocycles. The van der Waals surface area contributed by atoms with E-state index in [1.54, 1.807) is 6.92 Å². The van der Waals surface area contributed by atoms with Crippen molar-refractivity contribution in [3.05, 3.63) is 35.4 Å². The first kappa shape index (κ1) is 11.6. The minimum atomic E-state index is -0.694. The molecule has 0 heterocycles. The van der Waals surface area contributed by atoms with Gasteiger partial charge in [-0.3, -0.25) is 9.63 Å². The lowest BCUT2D eigenvalue weighted by molar-refractivity contribution is -0.134. The van der Waals surface area contributed by atoms with E-state index in [9.17, 15) is 13.6 Å².